The van der Waals surface area contributed by atoms with Crippen molar-refractivity contribution in [2.45, 2.75) is 20.3 Å². The van der Waals surface area contributed by atoms with Crippen LogP contribution in [0, 0.1) is 6.92 Å². The first-order valence-electron chi connectivity index (χ1n) is 6.05. The molecule has 0 atom stereocenters. The van der Waals surface area contributed by atoms with E-state index >= 15 is 0 Å². The SMILES string of the molecule is CCCN(CCO)c1nc(N)nc2sc(C)cc12. The van der Waals surface area contributed by atoms with Crippen molar-refractivity contribution in [1.82, 2.24) is 9.97 Å². The van der Waals surface area contributed by atoms with E-state index in [-0.39, 0.29) is 6.61 Å². The summed E-state index contributed by atoms with van der Waals surface area (Å²) in [6, 6.07) is 2.08. The number of nitrogens with zero attached hydrogens (tertiary/aromatic N) is 3. The Hall–Kier alpha value is -1.40. The summed E-state index contributed by atoms with van der Waals surface area (Å²) in [6.07, 6.45) is 0.995. The van der Waals surface area contributed by atoms with Gasteiger partial charge in [0.25, 0.3) is 0 Å². The van der Waals surface area contributed by atoms with Crippen LogP contribution in [0.3, 0.4) is 0 Å². The molecule has 0 saturated heterocycles. The minimum atomic E-state index is 0.106. The normalized spacial score (nSPS) is 11.1. The Balaban J connectivity index is 2.52. The molecule has 0 amide bonds. The number of hydrogen-bond donors (Lipinski definition) is 2. The zero-order valence-corrected chi connectivity index (χ0v) is 11.5. The molecule has 6 heteroatoms. The fraction of sp³-hybridized carbons (Fsp3) is 0.500. The van der Waals surface area contributed by atoms with Crippen LogP contribution < -0.4 is 10.6 Å². The van der Waals surface area contributed by atoms with Gasteiger partial charge < -0.3 is 15.7 Å². The quantitative estimate of drug-likeness (QED) is 0.863. The molecule has 0 aromatic carbocycles. The Bertz CT molecular complexity index is 534. The van der Waals surface area contributed by atoms with Crippen molar-refractivity contribution < 1.29 is 5.11 Å². The molecule has 2 aromatic heterocycles. The van der Waals surface area contributed by atoms with Crippen LogP contribution in [0.1, 0.15) is 18.2 Å². The summed E-state index contributed by atoms with van der Waals surface area (Å²) in [6.45, 7) is 5.66. The van der Waals surface area contributed by atoms with Gasteiger partial charge in [0, 0.05) is 18.0 Å². The van der Waals surface area contributed by atoms with E-state index < -0.39 is 0 Å². The first kappa shape index (κ1) is 13.0. The van der Waals surface area contributed by atoms with Gasteiger partial charge in [0.05, 0.1) is 12.0 Å². The number of aromatic nitrogens is 2. The van der Waals surface area contributed by atoms with Gasteiger partial charge in [-0.2, -0.15) is 4.98 Å². The van der Waals surface area contributed by atoms with Crippen LogP contribution in [0.4, 0.5) is 11.8 Å². The summed E-state index contributed by atoms with van der Waals surface area (Å²) in [5.74, 6) is 1.12. The molecule has 3 N–H and O–H groups in total. The summed E-state index contributed by atoms with van der Waals surface area (Å²) in [4.78, 5) is 12.8. The molecule has 0 bridgehead atoms. The lowest BCUT2D eigenvalue weighted by molar-refractivity contribution is 0.301. The molecular weight excluding hydrogens is 248 g/mol. The highest BCUT2D eigenvalue weighted by Gasteiger charge is 2.14. The molecule has 2 rings (SSSR count). The van der Waals surface area contributed by atoms with Gasteiger partial charge in [-0.05, 0) is 19.4 Å². The molecule has 0 spiro atoms. The molecular formula is C12H18N4OS. The number of aryl methyl sites for hydroxylation is 1. The molecule has 0 unspecified atom stereocenters. The smallest absolute Gasteiger partial charge is 0.223 e. The average Bonchev–Trinajstić information content (AvgIpc) is 2.68. The number of hydrogen-bond acceptors (Lipinski definition) is 6. The fourth-order valence-corrected chi connectivity index (χ4v) is 2.88. The van der Waals surface area contributed by atoms with Crippen LogP contribution in [0.15, 0.2) is 6.07 Å². The maximum atomic E-state index is 9.16. The Kier molecular flexibility index (Phi) is 3.98. The van der Waals surface area contributed by atoms with Gasteiger partial charge in [-0.1, -0.05) is 6.92 Å². The second-order valence-electron chi connectivity index (χ2n) is 4.19. The lowest BCUT2D eigenvalue weighted by Crippen LogP contribution is -2.28. The Morgan fingerprint density at radius 1 is 1.39 bits per heavy atom. The number of aliphatic hydroxyl groups excluding tert-OH is 1. The molecule has 0 aliphatic rings. The first-order chi connectivity index (χ1) is 8.65. The summed E-state index contributed by atoms with van der Waals surface area (Å²) in [5, 5.41) is 10.2. The maximum absolute atomic E-state index is 9.16. The molecule has 0 aliphatic heterocycles. The van der Waals surface area contributed by atoms with Gasteiger partial charge in [0.15, 0.2) is 0 Å². The monoisotopic (exact) mass is 266 g/mol. The Morgan fingerprint density at radius 2 is 2.17 bits per heavy atom. The Morgan fingerprint density at radius 3 is 2.83 bits per heavy atom. The summed E-state index contributed by atoms with van der Waals surface area (Å²) < 4.78 is 0. The highest BCUT2D eigenvalue weighted by molar-refractivity contribution is 7.18. The van der Waals surface area contributed by atoms with E-state index in [4.69, 9.17) is 10.8 Å². The molecule has 2 aromatic rings. The van der Waals surface area contributed by atoms with Crippen LogP contribution in [-0.4, -0.2) is 34.8 Å². The third kappa shape index (κ3) is 2.54. The van der Waals surface area contributed by atoms with E-state index in [1.54, 1.807) is 11.3 Å². The zero-order valence-electron chi connectivity index (χ0n) is 10.7. The van der Waals surface area contributed by atoms with Crippen molar-refractivity contribution in [2.24, 2.45) is 0 Å². The largest absolute Gasteiger partial charge is 0.395 e. The molecule has 0 fully saturated rings. The summed E-state index contributed by atoms with van der Waals surface area (Å²) in [7, 11) is 0. The standard InChI is InChI=1S/C12H18N4OS/c1-3-4-16(5-6-17)10-9-7-8(2)18-11(9)15-12(13)14-10/h7,17H,3-6H2,1-2H3,(H2,13,14,15). The van der Waals surface area contributed by atoms with Gasteiger partial charge in [-0.3, -0.25) is 0 Å². The fourth-order valence-electron chi connectivity index (χ4n) is 2.00. The van der Waals surface area contributed by atoms with Crippen molar-refractivity contribution in [3.05, 3.63) is 10.9 Å². The molecule has 0 saturated carbocycles. The van der Waals surface area contributed by atoms with Crippen molar-refractivity contribution in [3.8, 4) is 0 Å². The van der Waals surface area contributed by atoms with E-state index in [1.807, 2.05) is 6.92 Å². The van der Waals surface area contributed by atoms with Gasteiger partial charge in [0.1, 0.15) is 10.6 Å². The van der Waals surface area contributed by atoms with Crippen LogP contribution in [0.25, 0.3) is 10.2 Å². The van der Waals surface area contributed by atoms with Crippen LogP contribution >= 0.6 is 11.3 Å². The van der Waals surface area contributed by atoms with Crippen LogP contribution in [0.2, 0.25) is 0 Å². The molecule has 18 heavy (non-hydrogen) atoms. The number of aliphatic hydroxyl groups is 1. The number of nitrogens with two attached hydrogens (primary N) is 1. The molecule has 0 radical (unpaired) electrons. The second-order valence-corrected chi connectivity index (χ2v) is 5.43. The van der Waals surface area contributed by atoms with E-state index in [0.29, 0.717) is 12.5 Å². The van der Waals surface area contributed by atoms with Crippen molar-refractivity contribution in [3.63, 3.8) is 0 Å². The van der Waals surface area contributed by atoms with E-state index in [1.165, 1.54) is 4.88 Å². The molecule has 0 aliphatic carbocycles. The van der Waals surface area contributed by atoms with Crippen molar-refractivity contribution in [1.29, 1.82) is 0 Å². The number of nitrogen functional groups attached to an aromatic ring is 1. The van der Waals surface area contributed by atoms with Gasteiger partial charge >= 0.3 is 0 Å². The van der Waals surface area contributed by atoms with E-state index in [9.17, 15) is 0 Å². The highest BCUT2D eigenvalue weighted by atomic mass is 32.1. The summed E-state index contributed by atoms with van der Waals surface area (Å²) in [5.41, 5.74) is 5.76. The predicted octanol–water partition coefficient (Wildman–Crippen LogP) is 1.79. The number of rotatable bonds is 5. The van der Waals surface area contributed by atoms with E-state index in [2.05, 4.69) is 27.9 Å². The average molecular weight is 266 g/mol. The lowest BCUT2D eigenvalue weighted by Gasteiger charge is -2.22. The number of thiophene rings is 1. The van der Waals surface area contributed by atoms with Crippen molar-refractivity contribution >= 4 is 33.3 Å². The van der Waals surface area contributed by atoms with Crippen LogP contribution in [0.5, 0.6) is 0 Å². The lowest BCUT2D eigenvalue weighted by atomic mass is 10.3. The van der Waals surface area contributed by atoms with E-state index in [0.717, 1.165) is 29.0 Å². The van der Waals surface area contributed by atoms with Gasteiger partial charge in [-0.25, -0.2) is 4.98 Å². The third-order valence-corrected chi connectivity index (χ3v) is 3.62. The minimum absolute atomic E-state index is 0.106. The molecule has 98 valence electrons. The first-order valence-corrected chi connectivity index (χ1v) is 6.86. The topological polar surface area (TPSA) is 75.3 Å². The highest BCUT2D eigenvalue weighted by Crippen LogP contribution is 2.31. The number of anilines is 2. The predicted molar refractivity (Wildman–Crippen MR) is 76.2 cm³/mol. The molecule has 2 heterocycles. The van der Waals surface area contributed by atoms with Crippen molar-refractivity contribution in [2.75, 3.05) is 30.3 Å². The maximum Gasteiger partial charge on any atom is 0.223 e. The zero-order chi connectivity index (χ0) is 13.1. The summed E-state index contributed by atoms with van der Waals surface area (Å²) >= 11 is 1.61. The van der Waals surface area contributed by atoms with Gasteiger partial charge in [-0.15, -0.1) is 11.3 Å². The number of fused-ring (bicyclic) bond motifs is 1. The third-order valence-electron chi connectivity index (χ3n) is 2.68. The Labute approximate surface area is 110 Å². The van der Waals surface area contributed by atoms with Gasteiger partial charge in [0.2, 0.25) is 5.95 Å². The minimum Gasteiger partial charge on any atom is -0.395 e. The van der Waals surface area contributed by atoms with Crippen LogP contribution in [-0.2, 0) is 0 Å². The molecule has 5 nitrogen and oxygen atoms in total. The second kappa shape index (κ2) is 5.49.